The lowest BCUT2D eigenvalue weighted by atomic mass is 10.1. The van der Waals surface area contributed by atoms with Crippen LogP contribution in [0.4, 0.5) is 9.18 Å². The highest BCUT2D eigenvalue weighted by Gasteiger charge is 2.22. The molecule has 1 aliphatic heterocycles. The largest absolute Gasteiger partial charge is 0.485 e. The molecule has 1 N–H and O–H groups in total. The van der Waals surface area contributed by atoms with Gasteiger partial charge in [0.2, 0.25) is 0 Å². The number of hydrogen-bond acceptors (Lipinski definition) is 8. The lowest BCUT2D eigenvalue weighted by Gasteiger charge is -2.28. The van der Waals surface area contributed by atoms with Crippen molar-refractivity contribution in [3.05, 3.63) is 59.9 Å². The molecule has 3 aromatic rings. The summed E-state index contributed by atoms with van der Waals surface area (Å²) in [6.45, 7) is 1.86. The summed E-state index contributed by atoms with van der Waals surface area (Å²) in [7, 11) is 2.06. The number of carbonyl (C=O) groups excluding carboxylic acids is 1. The molecule has 0 bridgehead atoms. The number of alkyl carbamates (subject to hydrolysis) is 1. The van der Waals surface area contributed by atoms with Crippen molar-refractivity contribution in [3.8, 4) is 23.3 Å². The van der Waals surface area contributed by atoms with Gasteiger partial charge < -0.3 is 19.7 Å². The summed E-state index contributed by atoms with van der Waals surface area (Å²) in [5, 5.41) is 13.0. The van der Waals surface area contributed by atoms with Crippen LogP contribution in [0.25, 0.3) is 5.69 Å². The first-order valence-corrected chi connectivity index (χ1v) is 14.5. The molecule has 1 saturated heterocycles. The summed E-state index contributed by atoms with van der Waals surface area (Å²) in [6.07, 6.45) is 9.57. The number of hydrogen-bond donors (Lipinski definition) is 1. The molecular formula is C29H33FN6O3S. The average Bonchev–Trinajstić information content (AvgIpc) is 3.63. The van der Waals surface area contributed by atoms with Crippen LogP contribution in [0.3, 0.4) is 0 Å². The van der Waals surface area contributed by atoms with E-state index < -0.39 is 11.9 Å². The number of aromatic nitrogens is 4. The maximum Gasteiger partial charge on any atom is 0.408 e. The van der Waals surface area contributed by atoms with Crippen molar-refractivity contribution >= 4 is 17.9 Å². The van der Waals surface area contributed by atoms with E-state index in [0.717, 1.165) is 36.8 Å². The number of ether oxygens (including phenoxy) is 2. The number of thioether (sulfide) groups is 1. The maximum absolute atomic E-state index is 14.7. The van der Waals surface area contributed by atoms with Crippen molar-refractivity contribution in [3.63, 3.8) is 0 Å². The lowest BCUT2D eigenvalue weighted by Crippen LogP contribution is -2.43. The van der Waals surface area contributed by atoms with Gasteiger partial charge in [0.15, 0.2) is 17.6 Å². The van der Waals surface area contributed by atoms with E-state index in [2.05, 4.69) is 44.3 Å². The Bertz CT molecular complexity index is 1340. The van der Waals surface area contributed by atoms with Crippen molar-refractivity contribution in [2.75, 3.05) is 26.7 Å². The molecule has 210 valence electrons. The zero-order valence-electron chi connectivity index (χ0n) is 22.5. The maximum atomic E-state index is 14.7. The Kier molecular flexibility index (Phi) is 9.52. The van der Waals surface area contributed by atoms with Crippen LogP contribution in [0, 0.1) is 17.7 Å². The highest BCUT2D eigenvalue weighted by atomic mass is 32.2. The predicted molar refractivity (Wildman–Crippen MR) is 150 cm³/mol. The van der Waals surface area contributed by atoms with E-state index >= 15 is 0 Å². The molecule has 5 rings (SSSR count). The van der Waals surface area contributed by atoms with Gasteiger partial charge in [0.25, 0.3) is 0 Å². The molecule has 11 heteroatoms. The Balaban J connectivity index is 1.16. The van der Waals surface area contributed by atoms with E-state index in [-0.39, 0.29) is 24.8 Å². The van der Waals surface area contributed by atoms with Gasteiger partial charge in [-0.1, -0.05) is 36.4 Å². The summed E-state index contributed by atoms with van der Waals surface area (Å²) in [4.78, 5) is 18.5. The van der Waals surface area contributed by atoms with Gasteiger partial charge in [-0.15, -0.1) is 10.2 Å². The van der Waals surface area contributed by atoms with Crippen molar-refractivity contribution < 1.29 is 18.7 Å². The van der Waals surface area contributed by atoms with Crippen molar-refractivity contribution in [2.24, 2.45) is 0 Å². The van der Waals surface area contributed by atoms with Gasteiger partial charge in [-0.05, 0) is 70.1 Å². The van der Waals surface area contributed by atoms with Gasteiger partial charge in [0.1, 0.15) is 18.2 Å². The minimum absolute atomic E-state index is 0.109. The number of likely N-dealkylation sites (tertiary alicyclic amines) is 1. The topological polar surface area (TPSA) is 94.4 Å². The summed E-state index contributed by atoms with van der Waals surface area (Å²) in [5.74, 6) is 5.85. The van der Waals surface area contributed by atoms with Crippen LogP contribution >= 0.6 is 11.8 Å². The van der Waals surface area contributed by atoms with Gasteiger partial charge in [-0.25, -0.2) is 9.18 Å². The van der Waals surface area contributed by atoms with Crippen LogP contribution in [0.5, 0.6) is 5.75 Å². The molecule has 1 amide bonds. The van der Waals surface area contributed by atoms with Crippen molar-refractivity contribution in [2.45, 2.75) is 61.6 Å². The SMILES string of the molecule is CN1CCC(NC(=O)OCC#Cc2ccc(OCc3nnc(SC4CCCC4)n3-c3cccnc3)cc2F)CC1. The Morgan fingerprint density at radius 3 is 2.75 bits per heavy atom. The second kappa shape index (κ2) is 13.6. The molecule has 1 aromatic carbocycles. The smallest absolute Gasteiger partial charge is 0.408 e. The molecule has 2 aromatic heterocycles. The zero-order chi connectivity index (χ0) is 27.7. The van der Waals surface area contributed by atoms with Gasteiger partial charge in [-0.3, -0.25) is 9.55 Å². The average molecular weight is 565 g/mol. The van der Waals surface area contributed by atoms with Crippen LogP contribution in [0.1, 0.15) is 49.9 Å². The van der Waals surface area contributed by atoms with Crippen LogP contribution < -0.4 is 10.1 Å². The number of pyridine rings is 1. The van der Waals surface area contributed by atoms with Gasteiger partial charge in [-0.2, -0.15) is 0 Å². The molecular weight excluding hydrogens is 531 g/mol. The first-order valence-electron chi connectivity index (χ1n) is 13.6. The molecule has 0 spiro atoms. The standard InChI is InChI=1S/C29H33FN6O3S/c1-35-15-12-22(13-16-35)32-29(37)38-17-5-6-21-10-11-24(18-26(21)30)39-20-27-33-34-28(40-25-8-2-3-9-25)36(27)23-7-4-14-31-19-23/h4,7,10-11,14,18-19,22,25H,2-3,8-9,12-13,15-17,20H2,1H3,(H,32,37). The zero-order valence-corrected chi connectivity index (χ0v) is 23.3. The van der Waals surface area contributed by atoms with Crippen LogP contribution in [-0.2, 0) is 11.3 Å². The normalized spacial score (nSPS) is 16.4. The second-order valence-electron chi connectivity index (χ2n) is 10.00. The second-order valence-corrected chi connectivity index (χ2v) is 11.3. The molecule has 3 heterocycles. The van der Waals surface area contributed by atoms with Crippen molar-refractivity contribution in [1.29, 1.82) is 0 Å². The number of carbonyl (C=O) groups is 1. The Morgan fingerprint density at radius 2 is 2.00 bits per heavy atom. The third-order valence-electron chi connectivity index (χ3n) is 7.03. The van der Waals surface area contributed by atoms with E-state index in [1.54, 1.807) is 36.3 Å². The number of rotatable bonds is 8. The van der Waals surface area contributed by atoms with Gasteiger partial charge in [0.05, 0.1) is 17.4 Å². The highest BCUT2D eigenvalue weighted by Crippen LogP contribution is 2.35. The minimum atomic E-state index is -0.521. The summed E-state index contributed by atoms with van der Waals surface area (Å²) in [6, 6.07) is 8.41. The Hall–Kier alpha value is -3.62. The summed E-state index contributed by atoms with van der Waals surface area (Å²) < 4.78 is 27.7. The third kappa shape index (κ3) is 7.52. The van der Waals surface area contributed by atoms with E-state index in [4.69, 9.17) is 9.47 Å². The fraction of sp³-hybridized carbons (Fsp3) is 0.448. The van der Waals surface area contributed by atoms with Crippen molar-refractivity contribution in [1.82, 2.24) is 30.0 Å². The highest BCUT2D eigenvalue weighted by molar-refractivity contribution is 7.99. The molecule has 2 fully saturated rings. The Labute approximate surface area is 237 Å². The van der Waals surface area contributed by atoms with Gasteiger partial charge in [0, 0.05) is 23.6 Å². The number of nitrogens with one attached hydrogen (secondary N) is 1. The monoisotopic (exact) mass is 564 g/mol. The Morgan fingerprint density at radius 1 is 1.18 bits per heavy atom. The quantitative estimate of drug-likeness (QED) is 0.397. The molecule has 0 unspecified atom stereocenters. The number of nitrogens with zero attached hydrogens (tertiary/aromatic N) is 5. The molecule has 40 heavy (non-hydrogen) atoms. The van der Waals surface area contributed by atoms with Crippen LogP contribution in [-0.4, -0.2) is 68.8 Å². The third-order valence-corrected chi connectivity index (χ3v) is 8.31. The molecule has 0 atom stereocenters. The predicted octanol–water partition coefficient (Wildman–Crippen LogP) is 4.59. The lowest BCUT2D eigenvalue weighted by molar-refractivity contribution is 0.147. The molecule has 2 aliphatic rings. The fourth-order valence-electron chi connectivity index (χ4n) is 4.80. The van der Waals surface area contributed by atoms with Gasteiger partial charge >= 0.3 is 6.09 Å². The first kappa shape index (κ1) is 27.9. The van der Waals surface area contributed by atoms with Crippen LogP contribution in [0.15, 0.2) is 47.9 Å². The van der Waals surface area contributed by atoms with E-state index in [0.29, 0.717) is 16.8 Å². The summed E-state index contributed by atoms with van der Waals surface area (Å²) >= 11 is 1.73. The molecule has 1 aliphatic carbocycles. The molecule has 9 nitrogen and oxygen atoms in total. The van der Waals surface area contributed by atoms with E-state index in [9.17, 15) is 9.18 Å². The number of benzene rings is 1. The minimum Gasteiger partial charge on any atom is -0.485 e. The van der Waals surface area contributed by atoms with E-state index in [1.807, 2.05) is 16.7 Å². The molecule has 0 radical (unpaired) electrons. The summed E-state index contributed by atoms with van der Waals surface area (Å²) in [5.41, 5.74) is 1.05. The first-order chi connectivity index (χ1) is 19.5. The van der Waals surface area contributed by atoms with E-state index in [1.165, 1.54) is 31.7 Å². The molecule has 1 saturated carbocycles. The fourth-order valence-corrected chi connectivity index (χ4v) is 6.07. The number of halogens is 1. The number of piperidine rings is 1. The van der Waals surface area contributed by atoms with Crippen LogP contribution in [0.2, 0.25) is 0 Å². The number of amides is 1.